The molecule has 0 saturated carbocycles. The maximum Gasteiger partial charge on any atom is 0.236 e. The van der Waals surface area contributed by atoms with Crippen LogP contribution in [0.5, 0.6) is 0 Å². The SMILES string of the molecule is CCN(CCO)CC(=O)N1CCN(C(C#N)C(C)C)CC1. The second-order valence-electron chi connectivity index (χ2n) is 5.83. The van der Waals surface area contributed by atoms with Crippen LogP contribution in [-0.2, 0) is 4.79 Å². The van der Waals surface area contributed by atoms with Crippen molar-refractivity contribution in [2.45, 2.75) is 26.8 Å². The number of amides is 1. The Morgan fingerprint density at radius 3 is 2.38 bits per heavy atom. The van der Waals surface area contributed by atoms with Gasteiger partial charge in [-0.3, -0.25) is 14.6 Å². The van der Waals surface area contributed by atoms with Crippen LogP contribution in [-0.4, -0.2) is 84.2 Å². The minimum Gasteiger partial charge on any atom is -0.395 e. The number of carbonyl (C=O) groups is 1. The maximum absolute atomic E-state index is 12.2. The van der Waals surface area contributed by atoms with Gasteiger partial charge in [0, 0.05) is 32.7 Å². The summed E-state index contributed by atoms with van der Waals surface area (Å²) < 4.78 is 0. The number of nitrogens with zero attached hydrogens (tertiary/aromatic N) is 4. The van der Waals surface area contributed by atoms with Crippen molar-refractivity contribution in [3.8, 4) is 6.07 Å². The monoisotopic (exact) mass is 296 g/mol. The summed E-state index contributed by atoms with van der Waals surface area (Å²) in [5.74, 6) is 0.417. The summed E-state index contributed by atoms with van der Waals surface area (Å²) in [5, 5.41) is 18.2. The molecule has 120 valence electrons. The van der Waals surface area contributed by atoms with Gasteiger partial charge in [-0.25, -0.2) is 0 Å². The van der Waals surface area contributed by atoms with Gasteiger partial charge in [0.1, 0.15) is 6.04 Å². The third-order valence-electron chi connectivity index (χ3n) is 4.05. The molecule has 1 unspecified atom stereocenters. The summed E-state index contributed by atoms with van der Waals surface area (Å²) in [7, 11) is 0. The van der Waals surface area contributed by atoms with E-state index in [2.05, 4.69) is 24.8 Å². The van der Waals surface area contributed by atoms with E-state index < -0.39 is 0 Å². The molecule has 0 spiro atoms. The predicted octanol–water partition coefficient (Wildman–Crippen LogP) is -0.00702. The Hall–Kier alpha value is -1.16. The van der Waals surface area contributed by atoms with Gasteiger partial charge in [-0.2, -0.15) is 5.26 Å². The van der Waals surface area contributed by atoms with Gasteiger partial charge in [0.2, 0.25) is 5.91 Å². The Bertz CT molecular complexity index is 359. The van der Waals surface area contributed by atoms with E-state index >= 15 is 0 Å². The van der Waals surface area contributed by atoms with Gasteiger partial charge < -0.3 is 10.0 Å². The molecule has 0 aromatic heterocycles. The summed E-state index contributed by atoms with van der Waals surface area (Å²) >= 11 is 0. The highest BCUT2D eigenvalue weighted by Gasteiger charge is 2.27. The van der Waals surface area contributed by atoms with Gasteiger partial charge in [0.15, 0.2) is 0 Å². The van der Waals surface area contributed by atoms with Crippen LogP contribution in [0.15, 0.2) is 0 Å². The molecular formula is C15H28N4O2. The van der Waals surface area contributed by atoms with Crippen LogP contribution < -0.4 is 0 Å². The molecule has 1 amide bonds. The van der Waals surface area contributed by atoms with Crippen molar-refractivity contribution < 1.29 is 9.90 Å². The van der Waals surface area contributed by atoms with E-state index in [4.69, 9.17) is 5.11 Å². The topological polar surface area (TPSA) is 70.8 Å². The number of hydrogen-bond donors (Lipinski definition) is 1. The fraction of sp³-hybridized carbons (Fsp3) is 0.867. The second kappa shape index (κ2) is 8.98. The molecule has 1 aliphatic heterocycles. The highest BCUT2D eigenvalue weighted by Crippen LogP contribution is 2.13. The molecule has 0 aromatic carbocycles. The average molecular weight is 296 g/mol. The Labute approximate surface area is 127 Å². The summed E-state index contributed by atoms with van der Waals surface area (Å²) in [5.41, 5.74) is 0. The number of nitriles is 1. The van der Waals surface area contributed by atoms with Gasteiger partial charge >= 0.3 is 0 Å². The van der Waals surface area contributed by atoms with Crippen LogP contribution in [0.1, 0.15) is 20.8 Å². The van der Waals surface area contributed by atoms with E-state index in [0.29, 0.717) is 32.1 Å². The van der Waals surface area contributed by atoms with Crippen molar-refractivity contribution in [1.82, 2.24) is 14.7 Å². The highest BCUT2D eigenvalue weighted by molar-refractivity contribution is 5.78. The zero-order chi connectivity index (χ0) is 15.8. The van der Waals surface area contributed by atoms with Gasteiger partial charge in [-0.05, 0) is 12.5 Å². The first kappa shape index (κ1) is 17.9. The number of rotatable bonds is 7. The van der Waals surface area contributed by atoms with Crippen LogP contribution >= 0.6 is 0 Å². The first-order valence-electron chi connectivity index (χ1n) is 7.78. The van der Waals surface area contributed by atoms with Gasteiger partial charge in [-0.15, -0.1) is 0 Å². The van der Waals surface area contributed by atoms with Crippen molar-refractivity contribution in [1.29, 1.82) is 5.26 Å². The summed E-state index contributed by atoms with van der Waals surface area (Å²) in [6, 6.07) is 2.29. The lowest BCUT2D eigenvalue weighted by atomic mass is 10.0. The zero-order valence-corrected chi connectivity index (χ0v) is 13.5. The Balaban J connectivity index is 2.45. The van der Waals surface area contributed by atoms with Crippen molar-refractivity contribution >= 4 is 5.91 Å². The largest absolute Gasteiger partial charge is 0.395 e. The van der Waals surface area contributed by atoms with Crippen LogP contribution in [0.2, 0.25) is 0 Å². The van der Waals surface area contributed by atoms with Crippen LogP contribution in [0.25, 0.3) is 0 Å². The standard InChI is InChI=1S/C15H28N4O2/c1-4-17(9-10-20)12-15(21)19-7-5-18(6-8-19)14(11-16)13(2)3/h13-14,20H,4-10,12H2,1-3H3. The minimum atomic E-state index is -0.0659. The number of aliphatic hydroxyl groups excluding tert-OH is 1. The Morgan fingerprint density at radius 1 is 1.33 bits per heavy atom. The zero-order valence-electron chi connectivity index (χ0n) is 13.5. The van der Waals surface area contributed by atoms with E-state index in [9.17, 15) is 10.1 Å². The minimum absolute atomic E-state index is 0.0659. The number of carbonyl (C=O) groups excluding carboxylic acids is 1. The molecule has 1 heterocycles. The lowest BCUT2D eigenvalue weighted by Crippen LogP contribution is -2.54. The van der Waals surface area contributed by atoms with Crippen LogP contribution in [0, 0.1) is 17.2 Å². The molecule has 21 heavy (non-hydrogen) atoms. The van der Waals surface area contributed by atoms with Crippen LogP contribution in [0.3, 0.4) is 0 Å². The molecule has 1 fully saturated rings. The molecule has 6 heteroatoms. The number of hydrogen-bond acceptors (Lipinski definition) is 5. The molecule has 0 radical (unpaired) electrons. The second-order valence-corrected chi connectivity index (χ2v) is 5.83. The number of piperazine rings is 1. The molecule has 0 aromatic rings. The van der Waals surface area contributed by atoms with Crippen molar-refractivity contribution in [2.75, 3.05) is 52.4 Å². The first-order valence-corrected chi connectivity index (χ1v) is 7.78. The van der Waals surface area contributed by atoms with Gasteiger partial charge in [-0.1, -0.05) is 20.8 Å². The highest BCUT2D eigenvalue weighted by atomic mass is 16.3. The first-order chi connectivity index (χ1) is 10.0. The fourth-order valence-electron chi connectivity index (χ4n) is 2.68. The normalized spacial score (nSPS) is 18.0. The third-order valence-corrected chi connectivity index (χ3v) is 4.05. The molecule has 1 aliphatic rings. The molecular weight excluding hydrogens is 268 g/mol. The Kier molecular flexibility index (Phi) is 7.65. The molecule has 0 aliphatic carbocycles. The maximum atomic E-state index is 12.2. The molecule has 6 nitrogen and oxygen atoms in total. The van der Waals surface area contributed by atoms with Crippen LogP contribution in [0.4, 0.5) is 0 Å². The predicted molar refractivity (Wildman–Crippen MR) is 81.6 cm³/mol. The summed E-state index contributed by atoms with van der Waals surface area (Å²) in [6.45, 7) is 10.7. The van der Waals surface area contributed by atoms with Gasteiger partial charge in [0.25, 0.3) is 0 Å². The van der Waals surface area contributed by atoms with E-state index in [1.54, 1.807) is 0 Å². The lowest BCUT2D eigenvalue weighted by molar-refractivity contribution is -0.134. The van der Waals surface area contributed by atoms with Crippen molar-refractivity contribution in [3.05, 3.63) is 0 Å². The van der Waals surface area contributed by atoms with Gasteiger partial charge in [0.05, 0.1) is 19.2 Å². The van der Waals surface area contributed by atoms with E-state index in [-0.39, 0.29) is 18.6 Å². The number of likely N-dealkylation sites (N-methyl/N-ethyl adjacent to an activating group) is 1. The molecule has 1 rings (SSSR count). The van der Waals surface area contributed by atoms with Crippen molar-refractivity contribution in [2.24, 2.45) is 5.92 Å². The molecule has 1 saturated heterocycles. The van der Waals surface area contributed by atoms with E-state index in [1.807, 2.05) is 16.7 Å². The third kappa shape index (κ3) is 5.27. The van der Waals surface area contributed by atoms with Crippen molar-refractivity contribution in [3.63, 3.8) is 0 Å². The number of aliphatic hydroxyl groups is 1. The smallest absolute Gasteiger partial charge is 0.236 e. The summed E-state index contributed by atoms with van der Waals surface area (Å²) in [6.07, 6.45) is 0. The average Bonchev–Trinajstić information content (AvgIpc) is 2.47. The van der Waals surface area contributed by atoms with E-state index in [0.717, 1.165) is 19.6 Å². The molecule has 0 bridgehead atoms. The Morgan fingerprint density at radius 2 is 1.95 bits per heavy atom. The molecule has 1 atom stereocenters. The quantitative estimate of drug-likeness (QED) is 0.716. The van der Waals surface area contributed by atoms with E-state index in [1.165, 1.54) is 0 Å². The summed E-state index contributed by atoms with van der Waals surface area (Å²) in [4.78, 5) is 18.2. The molecule has 1 N–H and O–H groups in total. The fourth-order valence-corrected chi connectivity index (χ4v) is 2.68. The lowest BCUT2D eigenvalue weighted by Gasteiger charge is -2.38.